The average Bonchev–Trinajstić information content (AvgIpc) is 2.43. The number of benzene rings is 1. The zero-order valence-corrected chi connectivity index (χ0v) is 14.3. The summed E-state index contributed by atoms with van der Waals surface area (Å²) in [5.41, 5.74) is 6.87. The van der Waals surface area contributed by atoms with E-state index in [4.69, 9.17) is 17.3 Å². The fourth-order valence-electron chi connectivity index (χ4n) is 1.84. The first-order chi connectivity index (χ1) is 9.85. The third-order valence-electron chi connectivity index (χ3n) is 2.93. The third kappa shape index (κ3) is 3.55. The number of sulfonamides is 1. The van der Waals surface area contributed by atoms with E-state index in [9.17, 15) is 8.42 Å². The highest BCUT2D eigenvalue weighted by molar-refractivity contribution is 9.10. The van der Waals surface area contributed by atoms with Gasteiger partial charge in [-0.3, -0.25) is 4.72 Å². The van der Waals surface area contributed by atoms with Gasteiger partial charge in [0.15, 0.2) is 5.82 Å². The van der Waals surface area contributed by atoms with Crippen molar-refractivity contribution >= 4 is 43.4 Å². The Morgan fingerprint density at radius 1 is 1.43 bits per heavy atom. The van der Waals surface area contributed by atoms with Gasteiger partial charge in [-0.2, -0.15) is 0 Å². The molecule has 5 nitrogen and oxygen atoms in total. The minimum atomic E-state index is -3.80. The Morgan fingerprint density at radius 3 is 2.76 bits per heavy atom. The Kier molecular flexibility index (Phi) is 4.88. The number of rotatable bonds is 4. The molecule has 0 aliphatic carbocycles. The smallest absolute Gasteiger partial charge is 0.263 e. The highest BCUT2D eigenvalue weighted by atomic mass is 79.9. The molecule has 21 heavy (non-hydrogen) atoms. The van der Waals surface area contributed by atoms with E-state index in [0.717, 1.165) is 0 Å². The fourth-order valence-corrected chi connectivity index (χ4v) is 3.98. The van der Waals surface area contributed by atoms with Crippen LogP contribution < -0.4 is 10.5 Å². The molecule has 3 N–H and O–H groups in total. The minimum Gasteiger partial charge on any atom is -0.326 e. The van der Waals surface area contributed by atoms with Crippen LogP contribution in [0.4, 0.5) is 5.82 Å². The zero-order valence-electron chi connectivity index (χ0n) is 11.1. The first-order valence-electron chi connectivity index (χ1n) is 5.97. The van der Waals surface area contributed by atoms with E-state index in [2.05, 4.69) is 25.6 Å². The van der Waals surface area contributed by atoms with E-state index in [1.54, 1.807) is 25.1 Å². The summed E-state index contributed by atoms with van der Waals surface area (Å²) in [7, 11) is -3.80. The summed E-state index contributed by atoms with van der Waals surface area (Å²) < 4.78 is 28.0. The summed E-state index contributed by atoms with van der Waals surface area (Å²) in [5, 5.41) is 0.321. The Hall–Kier alpha value is -1.15. The highest BCUT2D eigenvalue weighted by Crippen LogP contribution is 2.27. The molecule has 0 unspecified atom stereocenters. The number of hydrogen-bond acceptors (Lipinski definition) is 4. The van der Waals surface area contributed by atoms with E-state index in [-0.39, 0.29) is 17.3 Å². The van der Waals surface area contributed by atoms with E-state index in [0.29, 0.717) is 20.6 Å². The molecule has 0 saturated carbocycles. The van der Waals surface area contributed by atoms with E-state index in [1.807, 2.05) is 0 Å². The first kappa shape index (κ1) is 16.2. The molecule has 1 aromatic carbocycles. The normalized spacial score (nSPS) is 11.4. The largest absolute Gasteiger partial charge is 0.326 e. The molecule has 0 spiro atoms. The van der Waals surface area contributed by atoms with Crippen molar-refractivity contribution in [3.8, 4) is 0 Å². The van der Waals surface area contributed by atoms with Crippen LogP contribution in [-0.2, 0) is 16.6 Å². The minimum absolute atomic E-state index is 0.0907. The second-order valence-corrected chi connectivity index (χ2v) is 7.27. The molecule has 0 bridgehead atoms. The lowest BCUT2D eigenvalue weighted by atomic mass is 10.1. The number of anilines is 1. The molecule has 0 amide bonds. The average molecular weight is 391 g/mol. The summed E-state index contributed by atoms with van der Waals surface area (Å²) in [4.78, 5) is 4.08. The fraction of sp³-hybridized carbons (Fsp3) is 0.154. The van der Waals surface area contributed by atoms with Gasteiger partial charge in [0.25, 0.3) is 10.0 Å². The Morgan fingerprint density at radius 2 is 2.14 bits per heavy atom. The molecule has 0 aliphatic rings. The van der Waals surface area contributed by atoms with Crippen LogP contribution >= 0.6 is 27.5 Å². The predicted octanol–water partition coefficient (Wildman–Crippen LogP) is 3.07. The molecule has 0 saturated heterocycles. The van der Waals surface area contributed by atoms with Crippen LogP contribution in [0.1, 0.15) is 11.1 Å². The second-order valence-electron chi connectivity index (χ2n) is 4.33. The highest BCUT2D eigenvalue weighted by Gasteiger charge is 2.21. The van der Waals surface area contributed by atoms with Crippen LogP contribution in [-0.4, -0.2) is 13.4 Å². The quantitative estimate of drug-likeness (QED) is 0.840. The number of nitrogens with zero attached hydrogens (tertiary/aromatic N) is 1. The molecule has 0 atom stereocenters. The number of aromatic nitrogens is 1. The van der Waals surface area contributed by atoms with E-state index in [1.165, 1.54) is 12.3 Å². The van der Waals surface area contributed by atoms with Gasteiger partial charge in [0.05, 0.1) is 9.37 Å². The van der Waals surface area contributed by atoms with Gasteiger partial charge < -0.3 is 5.73 Å². The van der Waals surface area contributed by atoms with Crippen LogP contribution in [0.25, 0.3) is 0 Å². The number of halogens is 2. The molecule has 1 aromatic heterocycles. The first-order valence-corrected chi connectivity index (χ1v) is 8.63. The lowest BCUT2D eigenvalue weighted by molar-refractivity contribution is 0.600. The molecule has 8 heteroatoms. The van der Waals surface area contributed by atoms with Crippen LogP contribution in [0, 0.1) is 6.92 Å². The van der Waals surface area contributed by atoms with Crippen molar-refractivity contribution in [2.45, 2.75) is 18.4 Å². The van der Waals surface area contributed by atoms with Gasteiger partial charge in [-0.15, -0.1) is 0 Å². The Bertz CT molecular complexity index is 781. The lowest BCUT2D eigenvalue weighted by Crippen LogP contribution is -2.16. The van der Waals surface area contributed by atoms with Crippen LogP contribution in [0.15, 0.2) is 39.8 Å². The number of pyridine rings is 1. The topological polar surface area (TPSA) is 85.1 Å². The lowest BCUT2D eigenvalue weighted by Gasteiger charge is -2.13. The predicted molar refractivity (Wildman–Crippen MR) is 86.8 cm³/mol. The van der Waals surface area contributed by atoms with Crippen molar-refractivity contribution in [1.82, 2.24) is 4.98 Å². The van der Waals surface area contributed by atoms with Gasteiger partial charge in [-0.05, 0) is 58.2 Å². The summed E-state index contributed by atoms with van der Waals surface area (Å²) in [6.45, 7) is 1.91. The summed E-state index contributed by atoms with van der Waals surface area (Å²) >= 11 is 9.22. The van der Waals surface area contributed by atoms with Crippen molar-refractivity contribution in [2.24, 2.45) is 5.73 Å². The molecule has 1 heterocycles. The maximum absolute atomic E-state index is 12.5. The summed E-state index contributed by atoms with van der Waals surface area (Å²) in [6.07, 6.45) is 1.50. The van der Waals surface area contributed by atoms with Crippen molar-refractivity contribution in [3.05, 3.63) is 51.1 Å². The Balaban J connectivity index is 2.50. The van der Waals surface area contributed by atoms with Gasteiger partial charge in [-0.25, -0.2) is 13.4 Å². The van der Waals surface area contributed by atoms with Gasteiger partial charge >= 0.3 is 0 Å². The molecule has 112 valence electrons. The number of hydrogen-bond donors (Lipinski definition) is 2. The van der Waals surface area contributed by atoms with Crippen molar-refractivity contribution in [3.63, 3.8) is 0 Å². The van der Waals surface area contributed by atoms with Crippen molar-refractivity contribution in [1.29, 1.82) is 0 Å². The van der Waals surface area contributed by atoms with Crippen molar-refractivity contribution in [2.75, 3.05) is 4.72 Å². The molecule has 0 fully saturated rings. The van der Waals surface area contributed by atoms with Gasteiger partial charge in [-0.1, -0.05) is 11.6 Å². The third-order valence-corrected chi connectivity index (χ3v) is 5.25. The maximum atomic E-state index is 12.5. The molecule has 0 aliphatic heterocycles. The van der Waals surface area contributed by atoms with Crippen LogP contribution in [0.5, 0.6) is 0 Å². The van der Waals surface area contributed by atoms with Gasteiger partial charge in [0.2, 0.25) is 0 Å². The van der Waals surface area contributed by atoms with E-state index < -0.39 is 10.0 Å². The van der Waals surface area contributed by atoms with Crippen LogP contribution in [0.2, 0.25) is 5.02 Å². The molecule has 0 radical (unpaired) electrons. The maximum Gasteiger partial charge on any atom is 0.263 e. The second kappa shape index (κ2) is 6.31. The Labute approximate surface area is 136 Å². The van der Waals surface area contributed by atoms with Gasteiger partial charge in [0.1, 0.15) is 0 Å². The van der Waals surface area contributed by atoms with Crippen LogP contribution in [0.3, 0.4) is 0 Å². The summed E-state index contributed by atoms with van der Waals surface area (Å²) in [6, 6.07) is 6.45. The number of nitrogens with two attached hydrogens (primary N) is 1. The van der Waals surface area contributed by atoms with E-state index >= 15 is 0 Å². The number of nitrogens with one attached hydrogen (secondary N) is 1. The molecule has 2 aromatic rings. The molecular weight excluding hydrogens is 378 g/mol. The molecule has 2 rings (SSSR count). The van der Waals surface area contributed by atoms with Gasteiger partial charge in [0, 0.05) is 17.8 Å². The summed E-state index contributed by atoms with van der Waals surface area (Å²) in [5.74, 6) is 0.214. The SMILES string of the molecule is Cc1c(CN)cc(Cl)cc1S(=O)(=O)Nc1ncccc1Br. The monoisotopic (exact) mass is 389 g/mol. The standard InChI is InChI=1S/C13H13BrClN3O2S/c1-8-9(7-16)5-10(15)6-12(8)21(19,20)18-13-11(14)3-2-4-17-13/h2-6H,7,16H2,1H3,(H,17,18). The van der Waals surface area contributed by atoms with Crippen molar-refractivity contribution < 1.29 is 8.42 Å². The molecular formula is C13H13BrClN3O2S. The zero-order chi connectivity index (χ0) is 15.6.